The normalized spacial score (nSPS) is 20.8. The predicted octanol–water partition coefficient (Wildman–Crippen LogP) is 4.19. The molecule has 2 fully saturated rings. The van der Waals surface area contributed by atoms with Gasteiger partial charge in [-0.2, -0.15) is 13.2 Å². The van der Waals surface area contributed by atoms with Crippen LogP contribution in [0.25, 0.3) is 11.3 Å². The van der Waals surface area contributed by atoms with Crippen molar-refractivity contribution in [3.63, 3.8) is 0 Å². The number of hydrogen-bond acceptors (Lipinski definition) is 5. The molecular formula is C21H24F3N3O2. The number of alkyl halides is 3. The van der Waals surface area contributed by atoms with Crippen molar-refractivity contribution in [3.05, 3.63) is 42.0 Å². The summed E-state index contributed by atoms with van der Waals surface area (Å²) >= 11 is 0. The molecule has 1 N–H and O–H groups in total. The van der Waals surface area contributed by atoms with E-state index in [4.69, 9.17) is 9.47 Å². The van der Waals surface area contributed by atoms with Crippen LogP contribution in [0.5, 0.6) is 0 Å². The van der Waals surface area contributed by atoms with Crippen molar-refractivity contribution >= 4 is 11.5 Å². The lowest BCUT2D eigenvalue weighted by Gasteiger charge is -2.40. The molecule has 0 amide bonds. The Morgan fingerprint density at radius 3 is 2.48 bits per heavy atom. The number of aromatic nitrogens is 1. The number of hydrogen-bond donors (Lipinski definition) is 1. The van der Waals surface area contributed by atoms with Crippen LogP contribution in [0.2, 0.25) is 0 Å². The number of piperidine rings is 1. The molecular weight excluding hydrogens is 383 g/mol. The quantitative estimate of drug-likeness (QED) is 0.768. The van der Waals surface area contributed by atoms with Crippen molar-refractivity contribution in [1.82, 2.24) is 4.98 Å². The Kier molecular flexibility index (Phi) is 5.91. The van der Waals surface area contributed by atoms with Gasteiger partial charge in [0, 0.05) is 24.7 Å². The van der Waals surface area contributed by atoms with Gasteiger partial charge in [0.15, 0.2) is 5.82 Å². The fourth-order valence-corrected chi connectivity index (χ4v) is 3.78. The van der Waals surface area contributed by atoms with Crippen molar-refractivity contribution in [2.75, 3.05) is 49.7 Å². The van der Waals surface area contributed by atoms with Gasteiger partial charge in [0.05, 0.1) is 43.4 Å². The van der Waals surface area contributed by atoms with Crippen molar-refractivity contribution in [2.24, 2.45) is 0 Å². The molecule has 8 heteroatoms. The molecule has 29 heavy (non-hydrogen) atoms. The maximum atomic E-state index is 12.9. The van der Waals surface area contributed by atoms with E-state index in [0.717, 1.165) is 76.0 Å². The van der Waals surface area contributed by atoms with Gasteiger partial charge in [-0.3, -0.25) is 0 Å². The third-order valence-electron chi connectivity index (χ3n) is 5.21. The molecule has 1 atom stereocenters. The van der Waals surface area contributed by atoms with Gasteiger partial charge in [0.25, 0.3) is 0 Å². The number of pyridine rings is 1. The highest BCUT2D eigenvalue weighted by atomic mass is 19.4. The van der Waals surface area contributed by atoms with Gasteiger partial charge < -0.3 is 19.7 Å². The topological polar surface area (TPSA) is 46.6 Å². The van der Waals surface area contributed by atoms with Crippen molar-refractivity contribution in [3.8, 4) is 11.3 Å². The Hall–Kier alpha value is -2.32. The van der Waals surface area contributed by atoms with Crippen molar-refractivity contribution < 1.29 is 22.6 Å². The van der Waals surface area contributed by atoms with Gasteiger partial charge in [-0.05, 0) is 37.1 Å². The number of halogens is 3. The number of ether oxygens (including phenoxy) is 2. The first-order valence-electron chi connectivity index (χ1n) is 9.86. The van der Waals surface area contributed by atoms with Crippen LogP contribution in [-0.2, 0) is 15.7 Å². The minimum Gasteiger partial charge on any atom is -0.377 e. The molecule has 0 spiro atoms. The zero-order valence-electron chi connectivity index (χ0n) is 16.0. The van der Waals surface area contributed by atoms with Crippen LogP contribution >= 0.6 is 0 Å². The van der Waals surface area contributed by atoms with E-state index in [0.29, 0.717) is 17.3 Å². The maximum absolute atomic E-state index is 12.9. The van der Waals surface area contributed by atoms with Crippen LogP contribution in [0, 0.1) is 0 Å². The fourth-order valence-electron chi connectivity index (χ4n) is 3.78. The average molecular weight is 407 g/mol. The largest absolute Gasteiger partial charge is 0.416 e. The van der Waals surface area contributed by atoms with Crippen molar-refractivity contribution in [1.29, 1.82) is 0 Å². The first-order valence-corrected chi connectivity index (χ1v) is 9.86. The maximum Gasteiger partial charge on any atom is 0.416 e. The van der Waals surface area contributed by atoms with Crippen molar-refractivity contribution in [2.45, 2.75) is 25.1 Å². The smallest absolute Gasteiger partial charge is 0.377 e. The molecule has 0 aliphatic carbocycles. The minimum absolute atomic E-state index is 0.375. The molecule has 0 radical (unpaired) electrons. The summed E-state index contributed by atoms with van der Waals surface area (Å²) in [4.78, 5) is 6.86. The van der Waals surface area contributed by atoms with Gasteiger partial charge >= 0.3 is 6.18 Å². The Morgan fingerprint density at radius 2 is 1.79 bits per heavy atom. The van der Waals surface area contributed by atoms with Gasteiger partial charge in [0.2, 0.25) is 0 Å². The summed E-state index contributed by atoms with van der Waals surface area (Å²) in [6.45, 7) is 5.09. The van der Waals surface area contributed by atoms with E-state index in [1.807, 2.05) is 6.07 Å². The number of rotatable bonds is 1. The van der Waals surface area contributed by atoms with Gasteiger partial charge in [-0.25, -0.2) is 4.98 Å². The monoisotopic (exact) mass is 407 g/mol. The summed E-state index contributed by atoms with van der Waals surface area (Å²) in [5, 5.41) is 3.41. The van der Waals surface area contributed by atoms with Crippen LogP contribution in [-0.4, -0.2) is 50.5 Å². The lowest BCUT2D eigenvalue weighted by Crippen LogP contribution is -2.46. The number of anilines is 2. The molecule has 5 rings (SSSR count). The average Bonchev–Trinajstić information content (AvgIpc) is 2.75. The Morgan fingerprint density at radius 1 is 1.03 bits per heavy atom. The first kappa shape index (κ1) is 20.0. The lowest BCUT2D eigenvalue weighted by molar-refractivity contribution is -0.137. The Balaban J connectivity index is 0.000000294. The highest BCUT2D eigenvalue weighted by Gasteiger charge is 2.31. The first-order chi connectivity index (χ1) is 14.0. The van der Waals surface area contributed by atoms with E-state index >= 15 is 0 Å². The summed E-state index contributed by atoms with van der Waals surface area (Å²) in [5.41, 5.74) is 1.43. The highest BCUT2D eigenvalue weighted by Crippen LogP contribution is 2.36. The second-order valence-electron chi connectivity index (χ2n) is 7.30. The second kappa shape index (κ2) is 8.59. The molecule has 4 heterocycles. The van der Waals surface area contributed by atoms with Crippen LogP contribution < -0.4 is 10.2 Å². The lowest BCUT2D eigenvalue weighted by atomic mass is 10.0. The SMILES string of the molecule is C1COCCO1.FC(F)(F)c1cccc(-c2ccc3c(n2)N[C@H]2CCCN3C2)c1. The molecule has 5 nitrogen and oxygen atoms in total. The van der Waals surface area contributed by atoms with Crippen LogP contribution in [0.3, 0.4) is 0 Å². The second-order valence-corrected chi connectivity index (χ2v) is 7.30. The molecule has 3 aliphatic rings. The van der Waals surface area contributed by atoms with Crippen LogP contribution in [0.15, 0.2) is 36.4 Å². The van der Waals surface area contributed by atoms with E-state index in [-0.39, 0.29) is 0 Å². The zero-order chi connectivity index (χ0) is 20.3. The van der Waals surface area contributed by atoms with E-state index in [2.05, 4.69) is 15.2 Å². The summed E-state index contributed by atoms with van der Waals surface area (Å²) in [6.07, 6.45) is -2.09. The molecule has 2 saturated heterocycles. The van der Waals surface area contributed by atoms with E-state index in [1.54, 1.807) is 12.1 Å². The van der Waals surface area contributed by atoms with E-state index in [9.17, 15) is 13.2 Å². The Labute approximate surface area is 167 Å². The summed E-state index contributed by atoms with van der Waals surface area (Å²) < 4.78 is 48.5. The van der Waals surface area contributed by atoms with E-state index < -0.39 is 11.7 Å². The highest BCUT2D eigenvalue weighted by molar-refractivity contribution is 5.74. The molecule has 0 saturated carbocycles. The number of fused-ring (bicyclic) bond motifs is 4. The molecule has 1 aromatic heterocycles. The summed E-state index contributed by atoms with van der Waals surface area (Å²) in [6, 6.07) is 9.44. The zero-order valence-corrected chi connectivity index (χ0v) is 16.0. The summed E-state index contributed by atoms with van der Waals surface area (Å²) in [7, 11) is 0. The van der Waals surface area contributed by atoms with Crippen LogP contribution in [0.4, 0.5) is 24.7 Å². The van der Waals surface area contributed by atoms with Gasteiger partial charge in [-0.15, -0.1) is 0 Å². The predicted molar refractivity (Wildman–Crippen MR) is 105 cm³/mol. The molecule has 1 aromatic carbocycles. The standard InChI is InChI=1S/C17H16F3N3.C4H8O2/c18-17(19,20)12-4-1-3-11(9-12)14-6-7-15-16(22-14)21-13-5-2-8-23(15)10-13;1-2-6-4-3-5-1/h1,3-4,6-7,9,13H,2,5,8,10H2,(H,21,22);1-4H2/t13-;/m0./s1. The summed E-state index contributed by atoms with van der Waals surface area (Å²) in [5.74, 6) is 0.774. The Bertz CT molecular complexity index is 829. The third-order valence-corrected chi connectivity index (χ3v) is 5.21. The number of nitrogens with one attached hydrogen (secondary N) is 1. The van der Waals surface area contributed by atoms with Gasteiger partial charge in [0.1, 0.15) is 0 Å². The number of benzene rings is 1. The van der Waals surface area contributed by atoms with Crippen LogP contribution in [0.1, 0.15) is 18.4 Å². The fraction of sp³-hybridized carbons (Fsp3) is 0.476. The molecule has 156 valence electrons. The molecule has 3 aliphatic heterocycles. The van der Waals surface area contributed by atoms with Gasteiger partial charge in [-0.1, -0.05) is 12.1 Å². The minimum atomic E-state index is -4.34. The molecule has 2 bridgehead atoms. The van der Waals surface area contributed by atoms with E-state index in [1.165, 1.54) is 6.07 Å². The third kappa shape index (κ3) is 4.82. The molecule has 2 aromatic rings. The number of nitrogens with zero attached hydrogens (tertiary/aromatic N) is 2. The molecule has 0 unspecified atom stereocenters.